The van der Waals surface area contributed by atoms with Crippen molar-refractivity contribution in [3.8, 4) is 0 Å². The van der Waals surface area contributed by atoms with Gasteiger partial charge in [-0.3, -0.25) is 10.2 Å². The molecule has 70 valence electrons. The van der Waals surface area contributed by atoms with Gasteiger partial charge in [0.15, 0.2) is 0 Å². The lowest BCUT2D eigenvalue weighted by Gasteiger charge is -2.06. The van der Waals surface area contributed by atoms with Gasteiger partial charge in [0, 0.05) is 6.42 Å². The van der Waals surface area contributed by atoms with Crippen LogP contribution in [0.15, 0.2) is 0 Å². The molecule has 0 saturated carbocycles. The molecular formula is C5H11N3O4. The molecule has 0 radical (unpaired) electrons. The number of rotatable bonds is 4. The van der Waals surface area contributed by atoms with Crippen LogP contribution in [0.25, 0.3) is 0 Å². The summed E-state index contributed by atoms with van der Waals surface area (Å²) in [5.41, 5.74) is 6.82. The maximum Gasteiger partial charge on any atom is 0.421 e. The van der Waals surface area contributed by atoms with Gasteiger partial charge < -0.3 is 15.6 Å². The van der Waals surface area contributed by atoms with E-state index in [0.29, 0.717) is 0 Å². The Balaban J connectivity index is 3.43. The number of hydrazine groups is 1. The van der Waals surface area contributed by atoms with Crippen molar-refractivity contribution in [1.82, 2.24) is 5.43 Å². The van der Waals surface area contributed by atoms with Gasteiger partial charge >= 0.3 is 12.1 Å². The first-order valence-corrected chi connectivity index (χ1v) is 3.19. The first kappa shape index (κ1) is 10.7. The summed E-state index contributed by atoms with van der Waals surface area (Å²) in [5, 5.41) is 8.30. The SMILES string of the molecule is NNC(=O)OCCC(N)C(=O)O. The van der Waals surface area contributed by atoms with E-state index in [-0.39, 0.29) is 13.0 Å². The van der Waals surface area contributed by atoms with Crippen molar-refractivity contribution >= 4 is 12.1 Å². The van der Waals surface area contributed by atoms with Crippen LogP contribution in [-0.2, 0) is 9.53 Å². The summed E-state index contributed by atoms with van der Waals surface area (Å²) < 4.78 is 4.39. The fraction of sp³-hybridized carbons (Fsp3) is 0.600. The largest absolute Gasteiger partial charge is 0.480 e. The molecule has 0 aliphatic heterocycles. The van der Waals surface area contributed by atoms with Crippen LogP contribution in [0.3, 0.4) is 0 Å². The second-order valence-corrected chi connectivity index (χ2v) is 2.01. The molecule has 0 bridgehead atoms. The fourth-order valence-corrected chi connectivity index (χ4v) is 0.444. The summed E-state index contributed by atoms with van der Waals surface area (Å²) in [6, 6.07) is -1.02. The lowest BCUT2D eigenvalue weighted by Crippen LogP contribution is -2.34. The zero-order chi connectivity index (χ0) is 9.56. The minimum Gasteiger partial charge on any atom is -0.480 e. The molecule has 1 atom stereocenters. The highest BCUT2D eigenvalue weighted by molar-refractivity contribution is 5.73. The molecule has 0 aromatic rings. The Kier molecular flexibility index (Phi) is 4.73. The van der Waals surface area contributed by atoms with Crippen LogP contribution in [0.5, 0.6) is 0 Å². The summed E-state index contributed by atoms with van der Waals surface area (Å²) in [7, 11) is 0. The zero-order valence-corrected chi connectivity index (χ0v) is 6.32. The molecule has 0 aromatic carbocycles. The molecule has 6 N–H and O–H groups in total. The normalized spacial score (nSPS) is 11.8. The first-order valence-electron chi connectivity index (χ1n) is 3.19. The molecule has 0 fully saturated rings. The third kappa shape index (κ3) is 4.47. The van der Waals surface area contributed by atoms with Crippen molar-refractivity contribution in [2.24, 2.45) is 11.6 Å². The summed E-state index contributed by atoms with van der Waals surface area (Å²) in [4.78, 5) is 20.5. The molecule has 0 rings (SSSR count). The Labute approximate surface area is 68.6 Å². The van der Waals surface area contributed by atoms with Crippen LogP contribution in [0.2, 0.25) is 0 Å². The number of ether oxygens (including phenoxy) is 1. The van der Waals surface area contributed by atoms with Gasteiger partial charge in [-0.05, 0) is 0 Å². The molecule has 0 heterocycles. The molecule has 0 saturated heterocycles. The van der Waals surface area contributed by atoms with Crippen molar-refractivity contribution in [2.75, 3.05) is 6.61 Å². The van der Waals surface area contributed by atoms with Gasteiger partial charge in [-0.1, -0.05) is 0 Å². The van der Waals surface area contributed by atoms with Gasteiger partial charge in [0.2, 0.25) is 0 Å². The second kappa shape index (κ2) is 5.33. The lowest BCUT2D eigenvalue weighted by atomic mass is 10.2. The highest BCUT2D eigenvalue weighted by atomic mass is 16.5. The van der Waals surface area contributed by atoms with E-state index in [2.05, 4.69) is 10.6 Å². The van der Waals surface area contributed by atoms with Crippen LogP contribution in [0.4, 0.5) is 4.79 Å². The monoisotopic (exact) mass is 177 g/mol. The smallest absolute Gasteiger partial charge is 0.421 e. The van der Waals surface area contributed by atoms with Gasteiger partial charge in [-0.25, -0.2) is 10.6 Å². The summed E-state index contributed by atoms with van der Waals surface area (Å²) in [6.45, 7) is -0.0729. The average molecular weight is 177 g/mol. The van der Waals surface area contributed by atoms with Crippen LogP contribution in [0.1, 0.15) is 6.42 Å². The number of nitrogens with two attached hydrogens (primary N) is 2. The maximum absolute atomic E-state index is 10.3. The molecule has 7 nitrogen and oxygen atoms in total. The van der Waals surface area contributed by atoms with Gasteiger partial charge in [0.25, 0.3) is 0 Å². The molecule has 0 aliphatic carbocycles. The van der Waals surface area contributed by atoms with Crippen LogP contribution in [0, 0.1) is 0 Å². The van der Waals surface area contributed by atoms with E-state index in [4.69, 9.17) is 10.8 Å². The average Bonchev–Trinajstić information content (AvgIpc) is 2.03. The summed E-state index contributed by atoms with van der Waals surface area (Å²) in [5.74, 6) is 3.54. The van der Waals surface area contributed by atoms with Gasteiger partial charge in [-0.2, -0.15) is 0 Å². The summed E-state index contributed by atoms with van der Waals surface area (Å²) >= 11 is 0. The van der Waals surface area contributed by atoms with Crippen molar-refractivity contribution in [1.29, 1.82) is 0 Å². The van der Waals surface area contributed by atoms with Crippen molar-refractivity contribution in [3.63, 3.8) is 0 Å². The summed E-state index contributed by atoms with van der Waals surface area (Å²) in [6.07, 6.45) is -0.754. The Morgan fingerprint density at radius 1 is 1.58 bits per heavy atom. The van der Waals surface area contributed by atoms with Crippen molar-refractivity contribution in [3.05, 3.63) is 0 Å². The van der Waals surface area contributed by atoms with E-state index in [1.54, 1.807) is 5.43 Å². The van der Waals surface area contributed by atoms with Crippen LogP contribution < -0.4 is 17.0 Å². The van der Waals surface area contributed by atoms with Gasteiger partial charge in [-0.15, -0.1) is 0 Å². The fourth-order valence-electron chi connectivity index (χ4n) is 0.444. The number of hydrogen-bond donors (Lipinski definition) is 4. The zero-order valence-electron chi connectivity index (χ0n) is 6.32. The second-order valence-electron chi connectivity index (χ2n) is 2.01. The predicted molar refractivity (Wildman–Crippen MR) is 38.9 cm³/mol. The maximum atomic E-state index is 10.3. The minimum atomic E-state index is -1.13. The third-order valence-corrected chi connectivity index (χ3v) is 1.10. The standard InChI is InChI=1S/C5H11N3O4/c6-3(4(9)10)1-2-12-5(11)8-7/h3H,1-2,6-7H2,(H,8,11)(H,9,10). The molecule has 1 amide bonds. The first-order chi connectivity index (χ1) is 5.57. The van der Waals surface area contributed by atoms with E-state index in [0.717, 1.165) is 0 Å². The number of hydrogen-bond acceptors (Lipinski definition) is 5. The van der Waals surface area contributed by atoms with E-state index < -0.39 is 18.1 Å². The Hall–Kier alpha value is -1.34. The van der Waals surface area contributed by atoms with Gasteiger partial charge in [0.05, 0.1) is 6.61 Å². The number of carbonyl (C=O) groups is 2. The number of carboxylic acids is 1. The van der Waals surface area contributed by atoms with E-state index in [1.165, 1.54) is 0 Å². The third-order valence-electron chi connectivity index (χ3n) is 1.10. The Morgan fingerprint density at radius 2 is 2.17 bits per heavy atom. The Bertz CT molecular complexity index is 172. The molecule has 1 unspecified atom stereocenters. The molecule has 12 heavy (non-hydrogen) atoms. The van der Waals surface area contributed by atoms with E-state index in [9.17, 15) is 9.59 Å². The Morgan fingerprint density at radius 3 is 2.58 bits per heavy atom. The highest BCUT2D eigenvalue weighted by Gasteiger charge is 2.11. The van der Waals surface area contributed by atoms with Crippen molar-refractivity contribution in [2.45, 2.75) is 12.5 Å². The van der Waals surface area contributed by atoms with Crippen LogP contribution >= 0.6 is 0 Å². The molecule has 0 aromatic heterocycles. The van der Waals surface area contributed by atoms with Crippen LogP contribution in [-0.4, -0.2) is 29.8 Å². The van der Waals surface area contributed by atoms with Gasteiger partial charge in [0.1, 0.15) is 6.04 Å². The molecule has 0 aliphatic rings. The van der Waals surface area contributed by atoms with E-state index in [1.807, 2.05) is 0 Å². The topological polar surface area (TPSA) is 128 Å². The quantitative estimate of drug-likeness (QED) is 0.232. The predicted octanol–water partition coefficient (Wildman–Crippen LogP) is -1.61. The molecule has 0 spiro atoms. The van der Waals surface area contributed by atoms with E-state index >= 15 is 0 Å². The number of carbonyl (C=O) groups excluding carboxylic acids is 1. The molecular weight excluding hydrogens is 166 g/mol. The minimum absolute atomic E-state index is 0.0583. The number of amides is 1. The number of nitrogens with one attached hydrogen (secondary N) is 1. The number of carboxylic acid groups (broad SMARTS) is 1. The molecule has 7 heteroatoms. The highest BCUT2D eigenvalue weighted by Crippen LogP contribution is 1.89. The lowest BCUT2D eigenvalue weighted by molar-refractivity contribution is -0.138. The number of aliphatic carboxylic acids is 1. The van der Waals surface area contributed by atoms with Crippen molar-refractivity contribution < 1.29 is 19.4 Å².